The lowest BCUT2D eigenvalue weighted by Gasteiger charge is -2.02. The highest BCUT2D eigenvalue weighted by Crippen LogP contribution is 2.12. The largest absolute Gasteiger partial charge is 0.342 e. The van der Waals surface area contributed by atoms with Gasteiger partial charge in [-0.25, -0.2) is 14.0 Å². The lowest BCUT2D eigenvalue weighted by Crippen LogP contribution is -2.09. The van der Waals surface area contributed by atoms with E-state index in [1.165, 1.54) is 11.5 Å². The zero-order chi connectivity index (χ0) is 14.8. The molecule has 0 saturated carbocycles. The molecule has 1 aromatic carbocycles. The molecule has 0 aliphatic carbocycles. The van der Waals surface area contributed by atoms with E-state index in [4.69, 9.17) is 0 Å². The van der Waals surface area contributed by atoms with Gasteiger partial charge in [0.2, 0.25) is 0 Å². The Hall–Kier alpha value is -2.61. The van der Waals surface area contributed by atoms with Crippen LogP contribution < -0.4 is 0 Å². The molecule has 22 heavy (non-hydrogen) atoms. The van der Waals surface area contributed by atoms with Crippen LogP contribution in [-0.4, -0.2) is 34.5 Å². The number of hydrogen-bond donors (Lipinski definition) is 1. The maximum absolute atomic E-state index is 4.57. The highest BCUT2D eigenvalue weighted by molar-refractivity contribution is 7.03. The summed E-state index contributed by atoms with van der Waals surface area (Å²) >= 11 is 1.44. The third kappa shape index (κ3) is 2.60. The molecule has 4 rings (SSSR count). The Labute approximate surface area is 130 Å². The molecule has 7 nitrogen and oxygen atoms in total. The van der Waals surface area contributed by atoms with Crippen LogP contribution in [0, 0.1) is 0 Å². The molecule has 110 valence electrons. The van der Waals surface area contributed by atoms with Gasteiger partial charge in [-0.15, -0.1) is 5.10 Å². The fourth-order valence-corrected chi connectivity index (χ4v) is 2.89. The van der Waals surface area contributed by atoms with Gasteiger partial charge < -0.3 is 4.98 Å². The third-order valence-electron chi connectivity index (χ3n) is 3.45. The number of tetrazole rings is 1. The Morgan fingerprint density at radius 1 is 1.23 bits per heavy atom. The lowest BCUT2D eigenvalue weighted by atomic mass is 10.2. The van der Waals surface area contributed by atoms with Crippen LogP contribution in [0.4, 0.5) is 0 Å². The molecule has 0 aliphatic rings. The normalized spacial score (nSPS) is 11.3. The summed E-state index contributed by atoms with van der Waals surface area (Å²) in [6.45, 7) is 0.694. The van der Waals surface area contributed by atoms with Gasteiger partial charge in [0.15, 0.2) is 5.82 Å². The number of fused-ring (bicyclic) bond motifs is 1. The van der Waals surface area contributed by atoms with E-state index < -0.39 is 0 Å². The maximum Gasteiger partial charge on any atom is 0.155 e. The van der Waals surface area contributed by atoms with Gasteiger partial charge in [-0.1, -0.05) is 12.1 Å². The summed E-state index contributed by atoms with van der Waals surface area (Å²) in [7, 11) is 0. The molecule has 0 unspecified atom stereocenters. The van der Waals surface area contributed by atoms with Crippen LogP contribution in [0.25, 0.3) is 11.0 Å². The van der Waals surface area contributed by atoms with Crippen LogP contribution in [0.1, 0.15) is 17.2 Å². The fourth-order valence-electron chi connectivity index (χ4n) is 2.36. The Bertz CT molecular complexity index is 845. The van der Waals surface area contributed by atoms with Gasteiger partial charge in [0, 0.05) is 24.4 Å². The fraction of sp³-hybridized carbons (Fsp3) is 0.214. The van der Waals surface area contributed by atoms with Crippen molar-refractivity contribution in [1.82, 2.24) is 34.5 Å². The first-order valence-electron chi connectivity index (χ1n) is 6.95. The molecule has 1 N–H and O–H groups in total. The number of H-pyrrole nitrogens is 1. The van der Waals surface area contributed by atoms with Gasteiger partial charge in [0.05, 0.1) is 17.6 Å². The van der Waals surface area contributed by atoms with Gasteiger partial charge in [-0.3, -0.25) is 0 Å². The quantitative estimate of drug-likeness (QED) is 0.608. The molecule has 3 heterocycles. The molecule has 0 atom stereocenters. The summed E-state index contributed by atoms with van der Waals surface area (Å²) in [4.78, 5) is 7.89. The molecular weight excluding hydrogens is 298 g/mol. The van der Waals surface area contributed by atoms with E-state index in [-0.39, 0.29) is 0 Å². The van der Waals surface area contributed by atoms with Gasteiger partial charge in [0.25, 0.3) is 0 Å². The molecule has 3 aromatic heterocycles. The number of aryl methyl sites for hydroxylation is 2. The van der Waals surface area contributed by atoms with Gasteiger partial charge in [-0.2, -0.15) is 0 Å². The second kappa shape index (κ2) is 5.64. The number of rotatable bonds is 5. The van der Waals surface area contributed by atoms with Crippen LogP contribution in [0.5, 0.6) is 0 Å². The second-order valence-corrected chi connectivity index (χ2v) is 5.64. The van der Waals surface area contributed by atoms with Gasteiger partial charge >= 0.3 is 0 Å². The first kappa shape index (κ1) is 13.1. The first-order chi connectivity index (χ1) is 10.9. The predicted octanol–water partition coefficient (Wildman–Crippen LogP) is 1.84. The number of nitrogens with one attached hydrogen (secondary N) is 1. The zero-order valence-electron chi connectivity index (χ0n) is 11.7. The van der Waals surface area contributed by atoms with Crippen LogP contribution in [0.15, 0.2) is 35.8 Å². The van der Waals surface area contributed by atoms with Crippen LogP contribution in [0.2, 0.25) is 0 Å². The number of para-hydroxylation sites is 2. The Kier molecular flexibility index (Phi) is 3.36. The molecule has 0 amide bonds. The Morgan fingerprint density at radius 2 is 2.18 bits per heavy atom. The van der Waals surface area contributed by atoms with E-state index in [0.29, 0.717) is 13.0 Å². The molecule has 0 fully saturated rings. The number of hydrogen-bond acceptors (Lipinski definition) is 6. The van der Waals surface area contributed by atoms with Crippen molar-refractivity contribution in [2.45, 2.75) is 19.4 Å². The van der Waals surface area contributed by atoms with Crippen molar-refractivity contribution in [3.8, 4) is 0 Å². The lowest BCUT2D eigenvalue weighted by molar-refractivity contribution is 0.561. The minimum atomic E-state index is 0.694. The highest BCUT2D eigenvalue weighted by Gasteiger charge is 2.09. The average molecular weight is 311 g/mol. The Morgan fingerprint density at radius 3 is 3.05 bits per heavy atom. The van der Waals surface area contributed by atoms with Crippen molar-refractivity contribution in [3.05, 3.63) is 53.1 Å². The smallest absolute Gasteiger partial charge is 0.155 e. The minimum absolute atomic E-state index is 0.694. The highest BCUT2D eigenvalue weighted by atomic mass is 32.1. The first-order valence-corrected chi connectivity index (χ1v) is 7.79. The number of imidazole rings is 1. The zero-order valence-corrected chi connectivity index (χ0v) is 12.5. The van der Waals surface area contributed by atoms with E-state index in [1.807, 2.05) is 40.5 Å². The molecule has 0 radical (unpaired) electrons. The summed E-state index contributed by atoms with van der Waals surface area (Å²) in [5.74, 6) is 1.79. The second-order valence-electron chi connectivity index (χ2n) is 4.98. The van der Waals surface area contributed by atoms with Crippen LogP contribution >= 0.6 is 11.5 Å². The summed E-state index contributed by atoms with van der Waals surface area (Å²) in [5.41, 5.74) is 3.17. The summed E-state index contributed by atoms with van der Waals surface area (Å²) < 4.78 is 5.92. The maximum atomic E-state index is 4.57. The number of benzene rings is 1. The SMILES string of the molecule is c1ccc2[nH]c(CCn3nnnc3Cc3cnsc3)nc2c1. The number of aromatic amines is 1. The topological polar surface area (TPSA) is 85.2 Å². The van der Waals surface area contributed by atoms with Crippen molar-refractivity contribution in [2.24, 2.45) is 0 Å². The van der Waals surface area contributed by atoms with E-state index in [2.05, 4.69) is 29.9 Å². The average Bonchev–Trinajstić information content (AvgIpc) is 3.26. The summed E-state index contributed by atoms with van der Waals surface area (Å²) in [6, 6.07) is 8.01. The molecule has 0 saturated heterocycles. The van der Waals surface area contributed by atoms with Crippen molar-refractivity contribution in [2.75, 3.05) is 0 Å². The Balaban J connectivity index is 1.48. The summed E-state index contributed by atoms with van der Waals surface area (Å²) in [6.07, 6.45) is 3.31. The molecule has 0 aliphatic heterocycles. The minimum Gasteiger partial charge on any atom is -0.342 e. The van der Waals surface area contributed by atoms with Gasteiger partial charge in [-0.05, 0) is 39.7 Å². The predicted molar refractivity (Wildman–Crippen MR) is 82.5 cm³/mol. The molecular formula is C14H13N7S. The number of nitrogens with zero attached hydrogens (tertiary/aromatic N) is 6. The number of aromatic nitrogens is 7. The molecule has 0 spiro atoms. The van der Waals surface area contributed by atoms with E-state index >= 15 is 0 Å². The van der Waals surface area contributed by atoms with Crippen LogP contribution in [-0.2, 0) is 19.4 Å². The molecule has 8 heteroatoms. The van der Waals surface area contributed by atoms with Gasteiger partial charge in [0.1, 0.15) is 5.82 Å². The van der Waals surface area contributed by atoms with Crippen LogP contribution in [0.3, 0.4) is 0 Å². The van der Waals surface area contributed by atoms with Crippen molar-refractivity contribution in [3.63, 3.8) is 0 Å². The standard InChI is InChI=1S/C14H13N7S/c1-2-4-12-11(3-1)16-13(17-12)5-6-21-14(18-19-20-21)7-10-8-15-22-9-10/h1-4,8-9H,5-7H2,(H,16,17). The third-order valence-corrected chi connectivity index (χ3v) is 4.09. The van der Waals surface area contributed by atoms with Crippen molar-refractivity contribution in [1.29, 1.82) is 0 Å². The van der Waals surface area contributed by atoms with E-state index in [9.17, 15) is 0 Å². The van der Waals surface area contributed by atoms with E-state index in [0.717, 1.165) is 34.7 Å². The molecule has 0 bridgehead atoms. The monoisotopic (exact) mass is 311 g/mol. The van der Waals surface area contributed by atoms with E-state index in [1.54, 1.807) is 0 Å². The molecule has 4 aromatic rings. The van der Waals surface area contributed by atoms with Crippen molar-refractivity contribution < 1.29 is 0 Å². The summed E-state index contributed by atoms with van der Waals surface area (Å²) in [5, 5.41) is 13.9. The van der Waals surface area contributed by atoms with Crippen molar-refractivity contribution >= 4 is 22.6 Å².